The molecule has 0 saturated heterocycles. The van der Waals surface area contributed by atoms with E-state index in [9.17, 15) is 10.1 Å². The summed E-state index contributed by atoms with van der Waals surface area (Å²) in [6.45, 7) is 0.00107. The summed E-state index contributed by atoms with van der Waals surface area (Å²) in [6.07, 6.45) is 0. The summed E-state index contributed by atoms with van der Waals surface area (Å²) < 4.78 is 0.891. The molecule has 4 nitrogen and oxygen atoms in total. The first-order chi connectivity index (χ1) is 9.10. The maximum atomic E-state index is 10.6. The molecule has 6 heteroatoms. The Hall–Kier alpha value is -1.37. The predicted octanol–water partition coefficient (Wildman–Crippen LogP) is 4.00. The Labute approximate surface area is 122 Å². The second kappa shape index (κ2) is 6.18. The number of nitrogens with zero attached hydrogens (tertiary/aromatic N) is 1. The fourth-order valence-electron chi connectivity index (χ4n) is 1.49. The van der Waals surface area contributed by atoms with Crippen LogP contribution in [0.1, 0.15) is 5.56 Å². The molecule has 0 radical (unpaired) electrons. The topological polar surface area (TPSA) is 63.4 Å². The Kier molecular flexibility index (Phi) is 4.57. The molecule has 1 N–H and O–H groups in total. The molecule has 0 spiro atoms. The number of nitro benzene ring substituents is 1. The van der Waals surface area contributed by atoms with Crippen LogP contribution in [0.25, 0.3) is 0 Å². The van der Waals surface area contributed by atoms with Crippen LogP contribution in [0.2, 0.25) is 0 Å². The Balaban J connectivity index is 2.19. The molecule has 0 saturated carbocycles. The average Bonchev–Trinajstić information content (AvgIpc) is 2.41. The van der Waals surface area contributed by atoms with Crippen molar-refractivity contribution in [2.24, 2.45) is 0 Å². The average molecular weight is 340 g/mol. The van der Waals surface area contributed by atoms with Gasteiger partial charge in [0.25, 0.3) is 5.69 Å². The van der Waals surface area contributed by atoms with Crippen LogP contribution in [0.3, 0.4) is 0 Å². The number of rotatable bonds is 4. The lowest BCUT2D eigenvalue weighted by atomic mass is 10.2. The van der Waals surface area contributed by atoms with Gasteiger partial charge < -0.3 is 5.11 Å². The monoisotopic (exact) mass is 339 g/mol. The largest absolute Gasteiger partial charge is 0.392 e. The SMILES string of the molecule is O=[N+]([O-])c1ccc(Sc2ccc(CO)cc2Br)cc1. The van der Waals surface area contributed by atoms with Crippen LogP contribution in [-0.4, -0.2) is 10.0 Å². The van der Waals surface area contributed by atoms with Crippen molar-refractivity contribution in [3.63, 3.8) is 0 Å². The minimum Gasteiger partial charge on any atom is -0.392 e. The van der Waals surface area contributed by atoms with Crippen molar-refractivity contribution in [1.82, 2.24) is 0 Å². The number of aliphatic hydroxyl groups excluding tert-OH is 1. The fourth-order valence-corrected chi connectivity index (χ4v) is 2.98. The van der Waals surface area contributed by atoms with Crippen molar-refractivity contribution in [1.29, 1.82) is 0 Å². The number of non-ortho nitro benzene ring substituents is 1. The number of benzene rings is 2. The third-order valence-corrected chi connectivity index (χ3v) is 4.46. The highest BCUT2D eigenvalue weighted by Gasteiger charge is 2.07. The van der Waals surface area contributed by atoms with E-state index >= 15 is 0 Å². The van der Waals surface area contributed by atoms with Gasteiger partial charge in [0.15, 0.2) is 0 Å². The Bertz CT molecular complexity index is 601. The van der Waals surface area contributed by atoms with Crippen LogP contribution in [0.15, 0.2) is 56.7 Å². The summed E-state index contributed by atoms with van der Waals surface area (Å²) in [5, 5.41) is 19.6. The van der Waals surface area contributed by atoms with E-state index < -0.39 is 4.92 Å². The van der Waals surface area contributed by atoms with E-state index in [1.807, 2.05) is 18.2 Å². The van der Waals surface area contributed by atoms with Gasteiger partial charge in [0.2, 0.25) is 0 Å². The highest BCUT2D eigenvalue weighted by molar-refractivity contribution is 9.10. The molecule has 0 amide bonds. The zero-order chi connectivity index (χ0) is 13.8. The molecular formula is C13H10BrNO3S. The van der Waals surface area contributed by atoms with Crippen molar-refractivity contribution in [2.75, 3.05) is 0 Å². The summed E-state index contributed by atoms with van der Waals surface area (Å²) in [5.41, 5.74) is 0.916. The van der Waals surface area contributed by atoms with Gasteiger partial charge in [-0.2, -0.15) is 0 Å². The van der Waals surface area contributed by atoms with Gasteiger partial charge in [-0.05, 0) is 45.8 Å². The second-order valence-corrected chi connectivity index (χ2v) is 5.75. The first kappa shape index (κ1) is 14.0. The van der Waals surface area contributed by atoms with E-state index in [-0.39, 0.29) is 12.3 Å². The summed E-state index contributed by atoms with van der Waals surface area (Å²) in [4.78, 5) is 12.1. The smallest absolute Gasteiger partial charge is 0.269 e. The minimum absolute atomic E-state index is 0.00107. The molecular weight excluding hydrogens is 330 g/mol. The molecule has 0 aromatic heterocycles. The number of nitro groups is 1. The van der Waals surface area contributed by atoms with E-state index in [0.29, 0.717) is 0 Å². The number of aliphatic hydroxyl groups is 1. The van der Waals surface area contributed by atoms with Crippen LogP contribution in [0, 0.1) is 10.1 Å². The fraction of sp³-hybridized carbons (Fsp3) is 0.0769. The summed E-state index contributed by atoms with van der Waals surface area (Å²) in [7, 11) is 0. The number of hydrogen-bond donors (Lipinski definition) is 1. The van der Waals surface area contributed by atoms with Crippen molar-refractivity contribution < 1.29 is 10.0 Å². The minimum atomic E-state index is -0.416. The first-order valence-electron chi connectivity index (χ1n) is 5.42. The molecule has 0 heterocycles. The van der Waals surface area contributed by atoms with Gasteiger partial charge in [-0.15, -0.1) is 0 Å². The van der Waals surface area contributed by atoms with Crippen molar-refractivity contribution in [2.45, 2.75) is 16.4 Å². The van der Waals surface area contributed by atoms with Crippen molar-refractivity contribution in [3.05, 3.63) is 62.6 Å². The summed E-state index contributed by atoms with van der Waals surface area (Å²) >= 11 is 4.95. The van der Waals surface area contributed by atoms with E-state index in [4.69, 9.17) is 5.11 Å². The maximum Gasteiger partial charge on any atom is 0.269 e. The Morgan fingerprint density at radius 2 is 1.89 bits per heavy atom. The Morgan fingerprint density at radius 1 is 1.21 bits per heavy atom. The molecule has 19 heavy (non-hydrogen) atoms. The molecule has 0 aliphatic rings. The van der Waals surface area contributed by atoms with Gasteiger partial charge in [0.1, 0.15) is 0 Å². The molecule has 0 fully saturated rings. The molecule has 0 atom stereocenters. The second-order valence-electron chi connectivity index (χ2n) is 3.78. The van der Waals surface area contributed by atoms with Crippen LogP contribution >= 0.6 is 27.7 Å². The van der Waals surface area contributed by atoms with Gasteiger partial charge in [-0.25, -0.2) is 0 Å². The molecule has 2 aromatic carbocycles. The molecule has 2 rings (SSSR count). The lowest BCUT2D eigenvalue weighted by molar-refractivity contribution is -0.384. The molecule has 0 bridgehead atoms. The van der Waals surface area contributed by atoms with Crippen LogP contribution in [-0.2, 0) is 6.61 Å². The zero-order valence-corrected chi connectivity index (χ0v) is 12.1. The van der Waals surface area contributed by atoms with Crippen molar-refractivity contribution in [3.8, 4) is 0 Å². The predicted molar refractivity (Wildman–Crippen MR) is 77.3 cm³/mol. The molecule has 98 valence electrons. The van der Waals surface area contributed by atoms with E-state index in [0.717, 1.165) is 19.8 Å². The van der Waals surface area contributed by atoms with E-state index in [1.165, 1.54) is 23.9 Å². The summed E-state index contributed by atoms with van der Waals surface area (Å²) in [5.74, 6) is 0. The quantitative estimate of drug-likeness (QED) is 0.675. The molecule has 2 aromatic rings. The highest BCUT2D eigenvalue weighted by Crippen LogP contribution is 2.34. The molecule has 0 aliphatic heterocycles. The van der Waals surface area contributed by atoms with Crippen LogP contribution < -0.4 is 0 Å². The van der Waals surface area contributed by atoms with E-state index in [1.54, 1.807) is 12.1 Å². The van der Waals surface area contributed by atoms with Gasteiger partial charge in [0.05, 0.1) is 11.5 Å². The number of hydrogen-bond acceptors (Lipinski definition) is 4. The standard InChI is InChI=1S/C13H10BrNO3S/c14-12-7-9(8-16)1-6-13(12)19-11-4-2-10(3-5-11)15(17)18/h1-7,16H,8H2. The summed E-state index contributed by atoms with van der Waals surface area (Å²) in [6, 6.07) is 12.0. The van der Waals surface area contributed by atoms with Crippen molar-refractivity contribution >= 4 is 33.4 Å². The van der Waals surface area contributed by atoms with Gasteiger partial charge in [0, 0.05) is 26.4 Å². The maximum absolute atomic E-state index is 10.6. The highest BCUT2D eigenvalue weighted by atomic mass is 79.9. The normalized spacial score (nSPS) is 10.4. The van der Waals surface area contributed by atoms with Gasteiger partial charge >= 0.3 is 0 Å². The molecule has 0 aliphatic carbocycles. The zero-order valence-electron chi connectivity index (χ0n) is 9.75. The number of halogens is 1. The third kappa shape index (κ3) is 3.56. The van der Waals surface area contributed by atoms with Crippen LogP contribution in [0.4, 0.5) is 5.69 Å². The first-order valence-corrected chi connectivity index (χ1v) is 7.02. The van der Waals surface area contributed by atoms with E-state index in [2.05, 4.69) is 15.9 Å². The van der Waals surface area contributed by atoms with Gasteiger partial charge in [-0.3, -0.25) is 10.1 Å². The van der Waals surface area contributed by atoms with Gasteiger partial charge in [-0.1, -0.05) is 17.8 Å². The molecule has 0 unspecified atom stereocenters. The Morgan fingerprint density at radius 3 is 2.42 bits per heavy atom. The lowest BCUT2D eigenvalue weighted by Crippen LogP contribution is -1.87. The third-order valence-electron chi connectivity index (χ3n) is 2.45. The lowest BCUT2D eigenvalue weighted by Gasteiger charge is -2.06. The van der Waals surface area contributed by atoms with Crippen LogP contribution in [0.5, 0.6) is 0 Å².